The van der Waals surface area contributed by atoms with E-state index < -0.39 is 6.61 Å². The minimum Gasteiger partial charge on any atom is -0.434 e. The molecular formula is C17H18BrF2N3O. The van der Waals surface area contributed by atoms with Crippen LogP contribution in [0.25, 0.3) is 0 Å². The fraction of sp³-hybridized carbons (Fsp3) is 0.235. The van der Waals surface area contributed by atoms with Crippen LogP contribution in [0.2, 0.25) is 0 Å². The molecule has 0 aliphatic carbocycles. The first kappa shape index (κ1) is 18.2. The maximum absolute atomic E-state index is 12.4. The van der Waals surface area contributed by atoms with E-state index in [1.54, 1.807) is 25.2 Å². The van der Waals surface area contributed by atoms with Gasteiger partial charge in [-0.1, -0.05) is 46.3 Å². The number of halogens is 3. The van der Waals surface area contributed by atoms with Gasteiger partial charge in [-0.25, -0.2) is 0 Å². The van der Waals surface area contributed by atoms with E-state index in [1.807, 2.05) is 24.3 Å². The smallest absolute Gasteiger partial charge is 0.387 e. The Hall–Kier alpha value is -2.15. The molecule has 0 aliphatic heterocycles. The Bertz CT molecular complexity index is 678. The van der Waals surface area contributed by atoms with E-state index in [0.717, 1.165) is 10.0 Å². The Morgan fingerprint density at radius 1 is 1.08 bits per heavy atom. The predicted molar refractivity (Wildman–Crippen MR) is 94.3 cm³/mol. The van der Waals surface area contributed by atoms with Crippen LogP contribution in [0.1, 0.15) is 11.1 Å². The number of rotatable bonds is 6. The third-order valence-electron chi connectivity index (χ3n) is 3.23. The zero-order chi connectivity index (χ0) is 17.4. The molecule has 0 bridgehead atoms. The van der Waals surface area contributed by atoms with Crippen LogP contribution in [-0.2, 0) is 13.1 Å². The summed E-state index contributed by atoms with van der Waals surface area (Å²) in [6.07, 6.45) is 0. The number of para-hydroxylation sites is 1. The molecule has 0 radical (unpaired) electrons. The van der Waals surface area contributed by atoms with Crippen molar-refractivity contribution in [2.45, 2.75) is 19.7 Å². The first-order valence-corrected chi connectivity index (χ1v) is 8.09. The van der Waals surface area contributed by atoms with Crippen molar-refractivity contribution in [2.24, 2.45) is 4.99 Å². The second kappa shape index (κ2) is 9.22. The van der Waals surface area contributed by atoms with Gasteiger partial charge in [-0.15, -0.1) is 0 Å². The van der Waals surface area contributed by atoms with E-state index in [4.69, 9.17) is 0 Å². The maximum atomic E-state index is 12.4. The Balaban J connectivity index is 1.91. The third kappa shape index (κ3) is 5.81. The molecule has 0 heterocycles. The molecule has 4 nitrogen and oxygen atoms in total. The number of nitrogens with one attached hydrogen (secondary N) is 2. The van der Waals surface area contributed by atoms with E-state index in [2.05, 4.69) is 36.3 Å². The second-order valence-electron chi connectivity index (χ2n) is 4.89. The van der Waals surface area contributed by atoms with E-state index in [1.165, 1.54) is 6.07 Å². The molecule has 24 heavy (non-hydrogen) atoms. The second-order valence-corrected chi connectivity index (χ2v) is 5.81. The predicted octanol–water partition coefficient (Wildman–Crippen LogP) is 3.92. The molecule has 0 fully saturated rings. The van der Waals surface area contributed by atoms with Gasteiger partial charge in [-0.2, -0.15) is 8.78 Å². The summed E-state index contributed by atoms with van der Waals surface area (Å²) in [6, 6.07) is 14.6. The van der Waals surface area contributed by atoms with Crippen molar-refractivity contribution in [1.82, 2.24) is 10.6 Å². The summed E-state index contributed by atoms with van der Waals surface area (Å²) in [5.41, 5.74) is 1.73. The lowest BCUT2D eigenvalue weighted by atomic mass is 10.2. The summed E-state index contributed by atoms with van der Waals surface area (Å²) in [4.78, 5) is 4.12. The summed E-state index contributed by atoms with van der Waals surface area (Å²) in [7, 11) is 1.65. The lowest BCUT2D eigenvalue weighted by Crippen LogP contribution is -2.36. The van der Waals surface area contributed by atoms with Gasteiger partial charge in [0.1, 0.15) is 5.75 Å². The molecular weight excluding hydrogens is 380 g/mol. The molecule has 0 saturated heterocycles. The quantitative estimate of drug-likeness (QED) is 0.573. The summed E-state index contributed by atoms with van der Waals surface area (Å²) in [6.45, 7) is -1.92. The molecule has 0 saturated carbocycles. The molecule has 0 atom stereocenters. The fourth-order valence-electron chi connectivity index (χ4n) is 2.05. The molecule has 2 N–H and O–H groups in total. The van der Waals surface area contributed by atoms with Crippen LogP contribution in [-0.4, -0.2) is 19.6 Å². The number of ether oxygens (including phenoxy) is 1. The molecule has 0 amide bonds. The number of nitrogens with zero attached hydrogens (tertiary/aromatic N) is 1. The Morgan fingerprint density at radius 2 is 1.75 bits per heavy atom. The van der Waals surface area contributed by atoms with Crippen molar-refractivity contribution < 1.29 is 13.5 Å². The molecule has 7 heteroatoms. The van der Waals surface area contributed by atoms with Crippen molar-refractivity contribution in [3.63, 3.8) is 0 Å². The summed E-state index contributed by atoms with van der Waals surface area (Å²) < 4.78 is 30.4. The van der Waals surface area contributed by atoms with Gasteiger partial charge in [0.05, 0.1) is 0 Å². The van der Waals surface area contributed by atoms with Crippen molar-refractivity contribution in [2.75, 3.05) is 7.05 Å². The number of benzene rings is 2. The van der Waals surface area contributed by atoms with E-state index in [0.29, 0.717) is 24.6 Å². The number of aliphatic imine (C=N–C) groups is 1. The van der Waals surface area contributed by atoms with Crippen LogP contribution >= 0.6 is 15.9 Å². The Kier molecular flexibility index (Phi) is 6.99. The monoisotopic (exact) mass is 397 g/mol. The van der Waals surface area contributed by atoms with Crippen LogP contribution in [0.3, 0.4) is 0 Å². The van der Waals surface area contributed by atoms with Gasteiger partial charge in [0.25, 0.3) is 0 Å². The van der Waals surface area contributed by atoms with Crippen LogP contribution in [0.5, 0.6) is 5.75 Å². The van der Waals surface area contributed by atoms with Gasteiger partial charge in [-0.3, -0.25) is 4.99 Å². The number of hydrogen-bond acceptors (Lipinski definition) is 2. The molecule has 2 aromatic rings. The summed E-state index contributed by atoms with van der Waals surface area (Å²) in [5, 5.41) is 6.26. The highest BCUT2D eigenvalue weighted by atomic mass is 79.9. The van der Waals surface area contributed by atoms with Gasteiger partial charge in [0.15, 0.2) is 5.96 Å². The first-order chi connectivity index (χ1) is 11.6. The number of guanidine groups is 1. The average Bonchev–Trinajstić information content (AvgIpc) is 2.57. The normalized spacial score (nSPS) is 11.5. The Morgan fingerprint density at radius 3 is 2.42 bits per heavy atom. The first-order valence-electron chi connectivity index (χ1n) is 7.30. The van der Waals surface area contributed by atoms with Gasteiger partial charge >= 0.3 is 6.61 Å². The van der Waals surface area contributed by atoms with Gasteiger partial charge in [0.2, 0.25) is 0 Å². The van der Waals surface area contributed by atoms with Crippen LogP contribution < -0.4 is 15.4 Å². The molecule has 2 aromatic carbocycles. The molecule has 0 spiro atoms. The topological polar surface area (TPSA) is 45.7 Å². The summed E-state index contributed by atoms with van der Waals surface area (Å²) >= 11 is 3.39. The van der Waals surface area contributed by atoms with Crippen molar-refractivity contribution in [3.05, 3.63) is 64.1 Å². The number of hydrogen-bond donors (Lipinski definition) is 2. The molecule has 0 aromatic heterocycles. The third-order valence-corrected chi connectivity index (χ3v) is 3.76. The average molecular weight is 398 g/mol. The van der Waals surface area contributed by atoms with E-state index in [9.17, 15) is 8.78 Å². The van der Waals surface area contributed by atoms with E-state index >= 15 is 0 Å². The zero-order valence-electron chi connectivity index (χ0n) is 13.1. The Labute approximate surface area is 148 Å². The standard InChI is InChI=1S/C17H18BrF2N3O/c1-21-17(22-10-12-6-8-14(18)9-7-12)23-11-13-4-2-3-5-15(13)24-16(19)20/h2-9,16H,10-11H2,1H3,(H2,21,22,23). The van der Waals surface area contributed by atoms with Crippen molar-refractivity contribution >= 4 is 21.9 Å². The van der Waals surface area contributed by atoms with E-state index in [-0.39, 0.29) is 5.75 Å². The fourth-order valence-corrected chi connectivity index (χ4v) is 2.31. The van der Waals surface area contributed by atoms with Crippen LogP contribution in [0.15, 0.2) is 58.0 Å². The molecule has 128 valence electrons. The highest BCUT2D eigenvalue weighted by Crippen LogP contribution is 2.19. The number of alkyl halides is 2. The molecule has 0 aliphatic rings. The van der Waals surface area contributed by atoms with Gasteiger partial charge in [-0.05, 0) is 23.8 Å². The molecule has 0 unspecified atom stereocenters. The zero-order valence-corrected chi connectivity index (χ0v) is 14.7. The van der Waals surface area contributed by atoms with Crippen molar-refractivity contribution in [3.8, 4) is 5.75 Å². The van der Waals surface area contributed by atoms with Crippen LogP contribution in [0.4, 0.5) is 8.78 Å². The largest absolute Gasteiger partial charge is 0.434 e. The van der Waals surface area contributed by atoms with Gasteiger partial charge in [0, 0.05) is 30.2 Å². The maximum Gasteiger partial charge on any atom is 0.387 e. The highest BCUT2D eigenvalue weighted by molar-refractivity contribution is 9.10. The minimum absolute atomic E-state index is 0.156. The summed E-state index contributed by atoms with van der Waals surface area (Å²) in [5.74, 6) is 0.730. The lowest BCUT2D eigenvalue weighted by Gasteiger charge is -2.14. The van der Waals surface area contributed by atoms with Crippen LogP contribution in [0, 0.1) is 0 Å². The molecule has 2 rings (SSSR count). The van der Waals surface area contributed by atoms with Crippen molar-refractivity contribution in [1.29, 1.82) is 0 Å². The SMILES string of the molecule is CN=C(NCc1ccc(Br)cc1)NCc1ccccc1OC(F)F. The minimum atomic E-state index is -2.85. The van der Waals surface area contributed by atoms with Gasteiger partial charge < -0.3 is 15.4 Å². The lowest BCUT2D eigenvalue weighted by molar-refractivity contribution is -0.0504. The highest BCUT2D eigenvalue weighted by Gasteiger charge is 2.09.